The van der Waals surface area contributed by atoms with Gasteiger partial charge in [-0.1, -0.05) is 12.1 Å². The third-order valence-electron chi connectivity index (χ3n) is 4.50. The summed E-state index contributed by atoms with van der Waals surface area (Å²) in [4.78, 5) is 41.1. The van der Waals surface area contributed by atoms with Crippen molar-refractivity contribution < 1.29 is 14.0 Å². The van der Waals surface area contributed by atoms with Gasteiger partial charge >= 0.3 is 0 Å². The summed E-state index contributed by atoms with van der Waals surface area (Å²) in [5.41, 5.74) is 0.670. The zero-order valence-electron chi connectivity index (χ0n) is 14.2. The maximum absolute atomic E-state index is 13.0. The van der Waals surface area contributed by atoms with Gasteiger partial charge in [0.05, 0.1) is 12.3 Å². The van der Waals surface area contributed by atoms with E-state index >= 15 is 0 Å². The number of hydrogen-bond acceptors (Lipinski definition) is 3. The van der Waals surface area contributed by atoms with E-state index < -0.39 is 0 Å². The minimum Gasteiger partial charge on any atom is -0.366 e. The highest BCUT2D eigenvalue weighted by atomic mass is 19.1. The molecule has 0 saturated carbocycles. The van der Waals surface area contributed by atoms with Crippen LogP contribution in [-0.4, -0.2) is 34.8 Å². The number of benzene rings is 1. The van der Waals surface area contributed by atoms with E-state index in [1.54, 1.807) is 17.0 Å². The molecule has 1 aliphatic rings. The van der Waals surface area contributed by atoms with Crippen molar-refractivity contribution in [3.63, 3.8) is 0 Å². The van der Waals surface area contributed by atoms with Crippen LogP contribution in [0.2, 0.25) is 0 Å². The maximum atomic E-state index is 13.0. The molecule has 6 nitrogen and oxygen atoms in total. The number of piperidine rings is 1. The first-order valence-electron chi connectivity index (χ1n) is 8.53. The third-order valence-corrected chi connectivity index (χ3v) is 4.50. The fourth-order valence-corrected chi connectivity index (χ4v) is 3.05. The van der Waals surface area contributed by atoms with Crippen LogP contribution in [0.4, 0.5) is 10.1 Å². The normalized spacial score (nSPS) is 17.0. The molecule has 136 valence electrons. The number of carbonyl (C=O) groups excluding carboxylic acids is 2. The first kappa shape index (κ1) is 17.8. The van der Waals surface area contributed by atoms with Crippen LogP contribution in [0.1, 0.15) is 18.4 Å². The van der Waals surface area contributed by atoms with Crippen molar-refractivity contribution in [2.24, 2.45) is 5.92 Å². The molecule has 1 aliphatic heterocycles. The summed E-state index contributed by atoms with van der Waals surface area (Å²) >= 11 is 0. The zero-order chi connectivity index (χ0) is 18.5. The number of likely N-dealkylation sites (tertiary alicyclic amines) is 1. The number of nitrogens with one attached hydrogen (secondary N) is 2. The Bertz CT molecular complexity index is 848. The molecule has 0 spiro atoms. The van der Waals surface area contributed by atoms with Gasteiger partial charge in [0.25, 0.3) is 0 Å². The molecule has 3 rings (SSSR count). The standard InChI is InChI=1S/C19H20FN3O3/c20-15-5-3-13(4-6-15)10-18(25)23-9-1-2-14(12-23)19(26)22-16-11-21-8-7-17(16)24/h3-8,11,14H,1-2,9-10,12H2,(H,21,24)(H,22,26). The third kappa shape index (κ3) is 4.36. The molecular formula is C19H20FN3O3. The van der Waals surface area contributed by atoms with Gasteiger partial charge in [-0.3, -0.25) is 14.4 Å². The first-order valence-corrected chi connectivity index (χ1v) is 8.53. The molecule has 1 unspecified atom stereocenters. The maximum Gasteiger partial charge on any atom is 0.229 e. The minimum atomic E-state index is -0.361. The number of carbonyl (C=O) groups is 2. The zero-order valence-corrected chi connectivity index (χ0v) is 14.2. The summed E-state index contributed by atoms with van der Waals surface area (Å²) in [6.07, 6.45) is 4.50. The summed E-state index contributed by atoms with van der Waals surface area (Å²) in [5, 5.41) is 2.63. The molecule has 2 N–H and O–H groups in total. The number of amides is 2. The molecule has 0 aliphatic carbocycles. The van der Waals surface area contributed by atoms with Crippen LogP contribution in [0.5, 0.6) is 0 Å². The fraction of sp³-hybridized carbons (Fsp3) is 0.316. The van der Waals surface area contributed by atoms with Gasteiger partial charge in [-0.05, 0) is 30.5 Å². The number of H-pyrrole nitrogens is 1. The van der Waals surface area contributed by atoms with Gasteiger partial charge in [0.2, 0.25) is 17.2 Å². The lowest BCUT2D eigenvalue weighted by atomic mass is 9.96. The van der Waals surface area contributed by atoms with Crippen molar-refractivity contribution in [3.8, 4) is 0 Å². The molecule has 0 bridgehead atoms. The van der Waals surface area contributed by atoms with Crippen molar-refractivity contribution in [2.45, 2.75) is 19.3 Å². The molecule has 1 saturated heterocycles. The topological polar surface area (TPSA) is 82.3 Å². The molecule has 1 fully saturated rings. The van der Waals surface area contributed by atoms with Crippen LogP contribution >= 0.6 is 0 Å². The SMILES string of the molecule is O=C(Nc1c[nH]ccc1=O)C1CCCN(C(=O)Cc2ccc(F)cc2)C1. The van der Waals surface area contributed by atoms with Gasteiger partial charge in [0.1, 0.15) is 11.5 Å². The van der Waals surface area contributed by atoms with Crippen molar-refractivity contribution in [1.29, 1.82) is 0 Å². The molecule has 2 heterocycles. The molecule has 26 heavy (non-hydrogen) atoms. The average Bonchev–Trinajstić information content (AvgIpc) is 2.65. The Kier molecular flexibility index (Phi) is 5.46. The second-order valence-corrected chi connectivity index (χ2v) is 6.39. The Hall–Kier alpha value is -2.96. The minimum absolute atomic E-state index is 0.0910. The predicted octanol–water partition coefficient (Wildman–Crippen LogP) is 1.93. The molecule has 7 heteroatoms. The van der Waals surface area contributed by atoms with E-state index in [9.17, 15) is 18.8 Å². The molecule has 2 aromatic rings. The van der Waals surface area contributed by atoms with Gasteiger partial charge in [-0.25, -0.2) is 4.39 Å². The van der Waals surface area contributed by atoms with Gasteiger partial charge in [0.15, 0.2) is 0 Å². The number of rotatable bonds is 4. The highest BCUT2D eigenvalue weighted by Gasteiger charge is 2.28. The van der Waals surface area contributed by atoms with E-state index in [2.05, 4.69) is 10.3 Å². The van der Waals surface area contributed by atoms with E-state index in [0.717, 1.165) is 12.0 Å². The van der Waals surface area contributed by atoms with E-state index in [4.69, 9.17) is 0 Å². The Morgan fingerprint density at radius 3 is 2.73 bits per heavy atom. The van der Waals surface area contributed by atoms with Crippen LogP contribution in [0, 0.1) is 11.7 Å². The van der Waals surface area contributed by atoms with Crippen LogP contribution in [-0.2, 0) is 16.0 Å². The monoisotopic (exact) mass is 357 g/mol. The van der Waals surface area contributed by atoms with E-state index in [-0.39, 0.29) is 41.1 Å². The summed E-state index contributed by atoms with van der Waals surface area (Å²) < 4.78 is 13.0. The highest BCUT2D eigenvalue weighted by Crippen LogP contribution is 2.19. The Labute approximate surface area is 150 Å². The first-order chi connectivity index (χ1) is 12.5. The van der Waals surface area contributed by atoms with Gasteiger partial charge < -0.3 is 15.2 Å². The number of hydrogen-bond donors (Lipinski definition) is 2. The molecule has 1 aromatic heterocycles. The van der Waals surface area contributed by atoms with E-state index in [1.165, 1.54) is 30.6 Å². The van der Waals surface area contributed by atoms with Crippen LogP contribution in [0.25, 0.3) is 0 Å². The Morgan fingerprint density at radius 2 is 2.00 bits per heavy atom. The molecule has 1 aromatic carbocycles. The average molecular weight is 357 g/mol. The second kappa shape index (κ2) is 7.95. The predicted molar refractivity (Wildman–Crippen MR) is 95.1 cm³/mol. The lowest BCUT2D eigenvalue weighted by Gasteiger charge is -2.32. The molecular weight excluding hydrogens is 337 g/mol. The number of halogens is 1. The van der Waals surface area contributed by atoms with Crippen LogP contribution in [0.15, 0.2) is 47.5 Å². The Morgan fingerprint density at radius 1 is 1.23 bits per heavy atom. The summed E-state index contributed by atoms with van der Waals surface area (Å²) in [6, 6.07) is 7.17. The fourth-order valence-electron chi connectivity index (χ4n) is 3.05. The Balaban J connectivity index is 1.60. The summed E-state index contributed by atoms with van der Waals surface area (Å²) in [5.74, 6) is -1.06. The van der Waals surface area contributed by atoms with Crippen molar-refractivity contribution in [3.05, 3.63) is 64.3 Å². The number of anilines is 1. The van der Waals surface area contributed by atoms with Crippen LogP contribution in [0.3, 0.4) is 0 Å². The molecule has 0 radical (unpaired) electrons. The number of aromatic amines is 1. The van der Waals surface area contributed by atoms with E-state index in [0.29, 0.717) is 19.5 Å². The van der Waals surface area contributed by atoms with Crippen molar-refractivity contribution >= 4 is 17.5 Å². The molecule has 2 amide bonds. The van der Waals surface area contributed by atoms with Crippen molar-refractivity contribution in [1.82, 2.24) is 9.88 Å². The second-order valence-electron chi connectivity index (χ2n) is 6.39. The smallest absolute Gasteiger partial charge is 0.229 e. The van der Waals surface area contributed by atoms with Crippen molar-refractivity contribution in [2.75, 3.05) is 18.4 Å². The number of pyridine rings is 1. The van der Waals surface area contributed by atoms with Gasteiger partial charge in [-0.2, -0.15) is 0 Å². The van der Waals surface area contributed by atoms with Gasteiger partial charge in [0, 0.05) is 31.5 Å². The molecule has 1 atom stereocenters. The summed E-state index contributed by atoms with van der Waals surface area (Å²) in [7, 11) is 0. The number of nitrogens with zero attached hydrogens (tertiary/aromatic N) is 1. The van der Waals surface area contributed by atoms with Crippen LogP contribution < -0.4 is 10.7 Å². The lowest BCUT2D eigenvalue weighted by molar-refractivity contribution is -0.133. The number of aromatic nitrogens is 1. The van der Waals surface area contributed by atoms with Gasteiger partial charge in [-0.15, -0.1) is 0 Å². The van der Waals surface area contributed by atoms with E-state index in [1.807, 2.05) is 0 Å². The summed E-state index contributed by atoms with van der Waals surface area (Å²) in [6.45, 7) is 0.909. The quantitative estimate of drug-likeness (QED) is 0.877. The highest BCUT2D eigenvalue weighted by molar-refractivity contribution is 5.93. The lowest BCUT2D eigenvalue weighted by Crippen LogP contribution is -2.44. The largest absolute Gasteiger partial charge is 0.366 e.